The maximum Gasteiger partial charge on any atom is 0.242 e. The van der Waals surface area contributed by atoms with E-state index in [0.717, 1.165) is 16.9 Å². The number of amides is 1. The molecule has 5 rings (SSSR count). The first kappa shape index (κ1) is 18.6. The van der Waals surface area contributed by atoms with Gasteiger partial charge in [0.1, 0.15) is 5.82 Å². The Morgan fingerprint density at radius 3 is 2.47 bits per heavy atom. The molecule has 0 spiro atoms. The maximum atomic E-state index is 12.8. The fraction of sp³-hybridized carbons (Fsp3) is 0.182. The highest BCUT2D eigenvalue weighted by molar-refractivity contribution is 6.30. The molecule has 1 saturated heterocycles. The number of hydrogen-bond donors (Lipinski definition) is 0. The van der Waals surface area contributed by atoms with Gasteiger partial charge in [0, 0.05) is 30.2 Å². The number of fused-ring (bicyclic) bond motifs is 1. The number of nitrogens with zero attached hydrogens (tertiary/aromatic N) is 6. The minimum absolute atomic E-state index is 0.0742. The van der Waals surface area contributed by atoms with E-state index in [4.69, 9.17) is 16.7 Å². The summed E-state index contributed by atoms with van der Waals surface area (Å²) in [6.07, 6.45) is 0. The number of rotatable bonds is 4. The minimum atomic E-state index is 0.0742. The van der Waals surface area contributed by atoms with Crippen molar-refractivity contribution in [3.05, 3.63) is 77.3 Å². The molecule has 0 radical (unpaired) electrons. The number of piperazine rings is 1. The minimum Gasteiger partial charge on any atom is -0.344 e. The van der Waals surface area contributed by atoms with E-state index in [2.05, 4.69) is 10.2 Å². The van der Waals surface area contributed by atoms with E-state index >= 15 is 0 Å². The first-order valence-electron chi connectivity index (χ1n) is 9.72. The number of aromatic nitrogens is 4. The van der Waals surface area contributed by atoms with Gasteiger partial charge in [-0.2, -0.15) is 4.52 Å². The lowest BCUT2D eigenvalue weighted by Gasteiger charge is -2.35. The molecule has 150 valence electrons. The van der Waals surface area contributed by atoms with Gasteiger partial charge in [0.15, 0.2) is 11.5 Å². The van der Waals surface area contributed by atoms with Crippen molar-refractivity contribution in [2.45, 2.75) is 6.54 Å². The second kappa shape index (κ2) is 7.76. The summed E-state index contributed by atoms with van der Waals surface area (Å²) in [4.78, 5) is 16.6. The number of carbonyl (C=O) groups is 1. The van der Waals surface area contributed by atoms with E-state index in [0.29, 0.717) is 36.1 Å². The predicted molar refractivity (Wildman–Crippen MR) is 115 cm³/mol. The van der Waals surface area contributed by atoms with Gasteiger partial charge in [-0.1, -0.05) is 54.1 Å². The Morgan fingerprint density at radius 2 is 1.70 bits per heavy atom. The Bertz CT molecular complexity index is 1190. The van der Waals surface area contributed by atoms with Crippen LogP contribution in [0.4, 0.5) is 5.82 Å². The van der Waals surface area contributed by atoms with Gasteiger partial charge < -0.3 is 9.80 Å². The van der Waals surface area contributed by atoms with Crippen molar-refractivity contribution in [1.82, 2.24) is 24.7 Å². The molecule has 0 N–H and O–H groups in total. The Hall–Kier alpha value is -3.45. The summed E-state index contributed by atoms with van der Waals surface area (Å²) in [6, 6.07) is 21.2. The van der Waals surface area contributed by atoms with Crippen LogP contribution in [0.1, 0.15) is 5.56 Å². The third kappa shape index (κ3) is 3.59. The summed E-state index contributed by atoms with van der Waals surface area (Å²) in [5.41, 5.74) is 2.68. The molecule has 2 aromatic carbocycles. The zero-order chi connectivity index (χ0) is 20.5. The van der Waals surface area contributed by atoms with Crippen molar-refractivity contribution < 1.29 is 4.79 Å². The molecule has 0 atom stereocenters. The van der Waals surface area contributed by atoms with E-state index in [9.17, 15) is 4.79 Å². The van der Waals surface area contributed by atoms with E-state index in [-0.39, 0.29) is 12.5 Å². The SMILES string of the molecule is O=C1CN(c2ccc3nnc(-c4ccccc4)n3n2)CCN1Cc1ccc(Cl)cc1. The summed E-state index contributed by atoms with van der Waals surface area (Å²) in [7, 11) is 0. The van der Waals surface area contributed by atoms with Crippen molar-refractivity contribution in [2.24, 2.45) is 0 Å². The lowest BCUT2D eigenvalue weighted by atomic mass is 10.2. The molecular formula is C22H19ClN6O. The molecule has 7 nitrogen and oxygen atoms in total. The van der Waals surface area contributed by atoms with Gasteiger partial charge >= 0.3 is 0 Å². The third-order valence-corrected chi connectivity index (χ3v) is 5.46. The number of anilines is 1. The second-order valence-corrected chi connectivity index (χ2v) is 7.65. The topological polar surface area (TPSA) is 66.6 Å². The van der Waals surface area contributed by atoms with Gasteiger partial charge in [-0.05, 0) is 29.8 Å². The highest BCUT2D eigenvalue weighted by Gasteiger charge is 2.25. The highest BCUT2D eigenvalue weighted by atomic mass is 35.5. The smallest absolute Gasteiger partial charge is 0.242 e. The average Bonchev–Trinajstić information content (AvgIpc) is 3.20. The first-order chi connectivity index (χ1) is 14.7. The summed E-state index contributed by atoms with van der Waals surface area (Å²) < 4.78 is 1.73. The summed E-state index contributed by atoms with van der Waals surface area (Å²) in [5, 5.41) is 13.9. The third-order valence-electron chi connectivity index (χ3n) is 5.21. The summed E-state index contributed by atoms with van der Waals surface area (Å²) in [6.45, 7) is 2.21. The Morgan fingerprint density at radius 1 is 0.900 bits per heavy atom. The van der Waals surface area contributed by atoms with Crippen LogP contribution in [0.15, 0.2) is 66.7 Å². The van der Waals surface area contributed by atoms with Crippen molar-refractivity contribution in [3.8, 4) is 11.4 Å². The zero-order valence-electron chi connectivity index (χ0n) is 16.1. The van der Waals surface area contributed by atoms with Crippen LogP contribution in [-0.2, 0) is 11.3 Å². The Kier molecular flexibility index (Phi) is 4.80. The molecule has 0 bridgehead atoms. The first-order valence-corrected chi connectivity index (χ1v) is 10.1. The molecular weight excluding hydrogens is 400 g/mol. The van der Waals surface area contributed by atoms with E-state index in [1.165, 1.54) is 0 Å². The Balaban J connectivity index is 1.35. The molecule has 1 fully saturated rings. The van der Waals surface area contributed by atoms with Gasteiger partial charge in [-0.25, -0.2) is 0 Å². The van der Waals surface area contributed by atoms with Crippen molar-refractivity contribution in [3.63, 3.8) is 0 Å². The standard InChI is InChI=1S/C22H19ClN6O/c23-18-8-6-16(7-9-18)14-28-13-12-27(15-21(28)30)20-11-10-19-24-25-22(29(19)26-20)17-4-2-1-3-5-17/h1-11H,12-15H2. The molecule has 30 heavy (non-hydrogen) atoms. The van der Waals surface area contributed by atoms with Crippen LogP contribution in [-0.4, -0.2) is 50.3 Å². The fourth-order valence-electron chi connectivity index (χ4n) is 3.60. The van der Waals surface area contributed by atoms with Crippen molar-refractivity contribution in [2.75, 3.05) is 24.5 Å². The molecule has 4 aromatic rings. The highest BCUT2D eigenvalue weighted by Crippen LogP contribution is 2.21. The van der Waals surface area contributed by atoms with Crippen molar-refractivity contribution in [1.29, 1.82) is 0 Å². The van der Waals surface area contributed by atoms with Crippen LogP contribution in [0.2, 0.25) is 5.02 Å². The number of benzene rings is 2. The van der Waals surface area contributed by atoms with E-state index < -0.39 is 0 Å². The van der Waals surface area contributed by atoms with Crippen LogP contribution in [0, 0.1) is 0 Å². The van der Waals surface area contributed by atoms with Gasteiger partial charge in [-0.15, -0.1) is 15.3 Å². The molecule has 1 aliphatic rings. The van der Waals surface area contributed by atoms with Gasteiger partial charge in [-0.3, -0.25) is 4.79 Å². The number of hydrogen-bond acceptors (Lipinski definition) is 5. The monoisotopic (exact) mass is 418 g/mol. The van der Waals surface area contributed by atoms with Crippen LogP contribution in [0.5, 0.6) is 0 Å². The largest absolute Gasteiger partial charge is 0.344 e. The molecule has 1 amide bonds. The summed E-state index contributed by atoms with van der Waals surface area (Å²) >= 11 is 5.95. The fourth-order valence-corrected chi connectivity index (χ4v) is 3.72. The van der Waals surface area contributed by atoms with Crippen molar-refractivity contribution >= 4 is 29.0 Å². The predicted octanol–water partition coefficient (Wildman–Crippen LogP) is 3.29. The molecule has 0 unspecified atom stereocenters. The van der Waals surface area contributed by atoms with Gasteiger partial charge in [0.05, 0.1) is 6.54 Å². The molecule has 1 aliphatic heterocycles. The molecule has 8 heteroatoms. The van der Waals surface area contributed by atoms with Crippen LogP contribution in [0.3, 0.4) is 0 Å². The molecule has 3 heterocycles. The lowest BCUT2D eigenvalue weighted by Crippen LogP contribution is -2.50. The normalized spacial score (nSPS) is 14.5. The zero-order valence-corrected chi connectivity index (χ0v) is 16.9. The molecule has 2 aromatic heterocycles. The number of halogens is 1. The molecule has 0 aliphatic carbocycles. The number of carbonyl (C=O) groups excluding carboxylic acids is 1. The maximum absolute atomic E-state index is 12.8. The van der Waals surface area contributed by atoms with Gasteiger partial charge in [0.2, 0.25) is 5.91 Å². The van der Waals surface area contributed by atoms with E-state index in [1.54, 1.807) is 4.52 Å². The Labute approximate surface area is 178 Å². The lowest BCUT2D eigenvalue weighted by molar-refractivity contribution is -0.131. The summed E-state index contributed by atoms with van der Waals surface area (Å²) in [5.74, 6) is 1.49. The quantitative estimate of drug-likeness (QED) is 0.508. The van der Waals surface area contributed by atoms with Crippen LogP contribution < -0.4 is 4.90 Å². The molecule has 0 saturated carbocycles. The second-order valence-electron chi connectivity index (χ2n) is 7.21. The van der Waals surface area contributed by atoms with Crippen LogP contribution in [0.25, 0.3) is 17.0 Å². The van der Waals surface area contributed by atoms with E-state index in [1.807, 2.05) is 76.5 Å². The van der Waals surface area contributed by atoms with Gasteiger partial charge in [0.25, 0.3) is 0 Å². The van der Waals surface area contributed by atoms with Crippen LogP contribution >= 0.6 is 11.6 Å². The average molecular weight is 419 g/mol.